The average Bonchev–Trinajstić information content (AvgIpc) is 2.64. The number of aryl methyl sites for hydroxylation is 1. The monoisotopic (exact) mass is 260 g/mol. The summed E-state index contributed by atoms with van der Waals surface area (Å²) in [5.74, 6) is 5.60. The van der Waals surface area contributed by atoms with Crippen molar-refractivity contribution in [2.45, 2.75) is 45.9 Å². The molecule has 0 radical (unpaired) electrons. The summed E-state index contributed by atoms with van der Waals surface area (Å²) < 4.78 is 7.44. The van der Waals surface area contributed by atoms with Gasteiger partial charge in [0.05, 0.1) is 29.1 Å². The number of nitrogens with two attached hydrogens (primary N) is 1. The van der Waals surface area contributed by atoms with Crippen LogP contribution in [0.5, 0.6) is 0 Å². The Morgan fingerprint density at radius 2 is 2.29 bits per heavy atom. The van der Waals surface area contributed by atoms with E-state index in [1.165, 1.54) is 0 Å². The number of rotatable bonds is 7. The molecular formula is C11H21ClN4O. The number of aromatic nitrogens is 2. The largest absolute Gasteiger partial charge is 0.377 e. The van der Waals surface area contributed by atoms with Crippen molar-refractivity contribution in [1.82, 2.24) is 15.2 Å². The van der Waals surface area contributed by atoms with Gasteiger partial charge in [0.1, 0.15) is 0 Å². The van der Waals surface area contributed by atoms with Gasteiger partial charge in [-0.1, -0.05) is 18.5 Å². The first-order valence-corrected chi connectivity index (χ1v) is 6.32. The van der Waals surface area contributed by atoms with Crippen LogP contribution in [0.3, 0.4) is 0 Å². The van der Waals surface area contributed by atoms with E-state index in [0.29, 0.717) is 11.6 Å². The molecule has 0 amide bonds. The Morgan fingerprint density at radius 3 is 2.82 bits per heavy atom. The van der Waals surface area contributed by atoms with E-state index in [4.69, 9.17) is 22.2 Å². The molecule has 0 aromatic carbocycles. The van der Waals surface area contributed by atoms with Gasteiger partial charge in [-0.3, -0.25) is 10.5 Å². The number of nitrogens with zero attached hydrogens (tertiary/aromatic N) is 2. The van der Waals surface area contributed by atoms with Crippen molar-refractivity contribution in [3.63, 3.8) is 0 Å². The first-order valence-electron chi connectivity index (χ1n) is 5.94. The lowest BCUT2D eigenvalue weighted by Crippen LogP contribution is -2.38. The van der Waals surface area contributed by atoms with E-state index in [0.717, 1.165) is 18.7 Å². The van der Waals surface area contributed by atoms with Crippen molar-refractivity contribution >= 4 is 11.6 Å². The smallest absolute Gasteiger partial charge is 0.0902 e. The average molecular weight is 261 g/mol. The van der Waals surface area contributed by atoms with Crippen molar-refractivity contribution in [3.8, 4) is 0 Å². The molecule has 1 aromatic rings. The van der Waals surface area contributed by atoms with E-state index in [2.05, 4.69) is 17.4 Å². The topological polar surface area (TPSA) is 65.1 Å². The SMILES string of the molecule is CCCn1ncc(Cl)c1C(NN)C(C)OCC. The Labute approximate surface area is 107 Å². The molecule has 2 atom stereocenters. The van der Waals surface area contributed by atoms with Crippen LogP contribution in [0, 0.1) is 0 Å². The van der Waals surface area contributed by atoms with Crippen molar-refractivity contribution in [3.05, 3.63) is 16.9 Å². The molecule has 0 aliphatic heterocycles. The van der Waals surface area contributed by atoms with E-state index in [1.807, 2.05) is 18.5 Å². The zero-order valence-electron chi connectivity index (χ0n) is 10.6. The predicted octanol–water partition coefficient (Wildman–Crippen LogP) is 1.88. The molecule has 1 aromatic heterocycles. The molecule has 5 nitrogen and oxygen atoms in total. The van der Waals surface area contributed by atoms with Crippen LogP contribution in [0.2, 0.25) is 5.02 Å². The molecule has 0 fully saturated rings. The summed E-state index contributed by atoms with van der Waals surface area (Å²) in [7, 11) is 0. The van der Waals surface area contributed by atoms with E-state index < -0.39 is 0 Å². The Kier molecular flexibility index (Phi) is 5.91. The van der Waals surface area contributed by atoms with Gasteiger partial charge in [-0.05, 0) is 20.3 Å². The normalized spacial score (nSPS) is 14.9. The first kappa shape index (κ1) is 14.4. The van der Waals surface area contributed by atoms with Gasteiger partial charge in [-0.2, -0.15) is 5.10 Å². The van der Waals surface area contributed by atoms with Crippen molar-refractivity contribution in [2.75, 3.05) is 6.61 Å². The molecule has 1 rings (SSSR count). The summed E-state index contributed by atoms with van der Waals surface area (Å²) in [5, 5.41) is 4.87. The fraction of sp³-hybridized carbons (Fsp3) is 0.727. The summed E-state index contributed by atoms with van der Waals surface area (Å²) >= 11 is 6.16. The Hall–Kier alpha value is -0.620. The van der Waals surface area contributed by atoms with Crippen LogP contribution in [0.1, 0.15) is 38.9 Å². The summed E-state index contributed by atoms with van der Waals surface area (Å²) in [6, 6.07) is -0.156. The predicted molar refractivity (Wildman–Crippen MR) is 68.7 cm³/mol. The maximum Gasteiger partial charge on any atom is 0.0902 e. The maximum absolute atomic E-state index is 6.16. The van der Waals surface area contributed by atoms with Crippen molar-refractivity contribution < 1.29 is 4.74 Å². The minimum absolute atomic E-state index is 0.0604. The Balaban J connectivity index is 2.97. The molecule has 0 aliphatic carbocycles. The third-order valence-corrected chi connectivity index (χ3v) is 2.93. The minimum Gasteiger partial charge on any atom is -0.377 e. The quantitative estimate of drug-likeness (QED) is 0.580. The van der Waals surface area contributed by atoms with E-state index in [1.54, 1.807) is 6.20 Å². The lowest BCUT2D eigenvalue weighted by molar-refractivity contribution is 0.0448. The van der Waals surface area contributed by atoms with Crippen LogP contribution < -0.4 is 11.3 Å². The second-order valence-corrected chi connectivity index (χ2v) is 4.31. The zero-order chi connectivity index (χ0) is 12.8. The molecule has 0 saturated carbocycles. The van der Waals surface area contributed by atoms with Crippen LogP contribution in [0.25, 0.3) is 0 Å². The van der Waals surface area contributed by atoms with Crippen LogP contribution in [0.4, 0.5) is 0 Å². The van der Waals surface area contributed by atoms with Crippen LogP contribution >= 0.6 is 11.6 Å². The maximum atomic E-state index is 6.16. The van der Waals surface area contributed by atoms with Gasteiger partial charge in [0.25, 0.3) is 0 Å². The van der Waals surface area contributed by atoms with Gasteiger partial charge in [0.15, 0.2) is 0 Å². The van der Waals surface area contributed by atoms with Gasteiger partial charge in [-0.25, -0.2) is 5.43 Å². The van der Waals surface area contributed by atoms with Crippen LogP contribution in [-0.4, -0.2) is 22.5 Å². The molecule has 2 unspecified atom stereocenters. The van der Waals surface area contributed by atoms with Crippen LogP contribution in [0.15, 0.2) is 6.20 Å². The lowest BCUT2D eigenvalue weighted by Gasteiger charge is -2.24. The van der Waals surface area contributed by atoms with Crippen molar-refractivity contribution in [1.29, 1.82) is 0 Å². The summed E-state index contributed by atoms with van der Waals surface area (Å²) in [5.41, 5.74) is 3.64. The van der Waals surface area contributed by atoms with Gasteiger partial charge in [0.2, 0.25) is 0 Å². The van der Waals surface area contributed by atoms with E-state index in [9.17, 15) is 0 Å². The number of halogens is 1. The molecule has 0 saturated heterocycles. The van der Waals surface area contributed by atoms with Gasteiger partial charge in [-0.15, -0.1) is 0 Å². The molecule has 0 aliphatic rings. The number of hydrogen-bond donors (Lipinski definition) is 2. The van der Waals surface area contributed by atoms with Gasteiger partial charge >= 0.3 is 0 Å². The zero-order valence-corrected chi connectivity index (χ0v) is 11.4. The molecule has 6 heteroatoms. The molecule has 98 valence electrons. The molecule has 0 bridgehead atoms. The lowest BCUT2D eigenvalue weighted by atomic mass is 10.1. The highest BCUT2D eigenvalue weighted by molar-refractivity contribution is 6.31. The summed E-state index contributed by atoms with van der Waals surface area (Å²) in [6.07, 6.45) is 2.58. The Bertz CT molecular complexity index is 342. The highest BCUT2D eigenvalue weighted by atomic mass is 35.5. The highest BCUT2D eigenvalue weighted by Gasteiger charge is 2.25. The summed E-state index contributed by atoms with van der Waals surface area (Å²) in [4.78, 5) is 0. The Morgan fingerprint density at radius 1 is 1.59 bits per heavy atom. The summed E-state index contributed by atoms with van der Waals surface area (Å²) in [6.45, 7) is 7.47. The third kappa shape index (κ3) is 3.42. The molecular weight excluding hydrogens is 240 g/mol. The number of hydrazine groups is 1. The molecule has 1 heterocycles. The first-order chi connectivity index (χ1) is 8.15. The molecule has 17 heavy (non-hydrogen) atoms. The second-order valence-electron chi connectivity index (χ2n) is 3.91. The molecule has 0 spiro atoms. The number of ether oxygens (including phenoxy) is 1. The molecule has 3 N–H and O–H groups in total. The third-order valence-electron chi connectivity index (χ3n) is 2.64. The standard InChI is InChI=1S/C11H21ClN4O/c1-4-6-16-11(9(12)7-14-16)10(15-13)8(3)17-5-2/h7-8,10,15H,4-6,13H2,1-3H3. The fourth-order valence-corrected chi connectivity index (χ4v) is 2.13. The van der Waals surface area contributed by atoms with Crippen molar-refractivity contribution in [2.24, 2.45) is 5.84 Å². The number of nitrogens with one attached hydrogen (secondary N) is 1. The second kappa shape index (κ2) is 6.96. The van der Waals surface area contributed by atoms with E-state index in [-0.39, 0.29) is 12.1 Å². The minimum atomic E-state index is -0.156. The van der Waals surface area contributed by atoms with Gasteiger partial charge in [0, 0.05) is 13.2 Å². The number of hydrogen-bond acceptors (Lipinski definition) is 4. The fourth-order valence-electron chi connectivity index (χ4n) is 1.87. The van der Waals surface area contributed by atoms with E-state index >= 15 is 0 Å². The van der Waals surface area contributed by atoms with Crippen LogP contribution in [-0.2, 0) is 11.3 Å². The highest BCUT2D eigenvalue weighted by Crippen LogP contribution is 2.26. The van der Waals surface area contributed by atoms with Gasteiger partial charge < -0.3 is 4.74 Å².